The summed E-state index contributed by atoms with van der Waals surface area (Å²) in [5.41, 5.74) is 21.8. The minimum Gasteiger partial charge on any atom is -0.457 e. The zero-order chi connectivity index (χ0) is 32.6. The van der Waals surface area contributed by atoms with Gasteiger partial charge in [0.1, 0.15) is 23.0 Å². The number of nitrogen functional groups attached to an aromatic ring is 2. The van der Waals surface area contributed by atoms with Crippen LogP contribution in [0.15, 0.2) is 72.8 Å². The molecule has 0 bridgehead atoms. The van der Waals surface area contributed by atoms with Gasteiger partial charge < -0.3 is 20.9 Å². The highest BCUT2D eigenvalue weighted by molar-refractivity contribution is 5.54. The molecule has 0 unspecified atom stereocenters. The molecule has 0 aliphatic heterocycles. The summed E-state index contributed by atoms with van der Waals surface area (Å²) in [6, 6.07) is 25.6. The van der Waals surface area contributed by atoms with Gasteiger partial charge in [0.15, 0.2) is 0 Å². The number of ether oxygens (including phenoxy) is 2. The second kappa shape index (κ2) is 15.8. The maximum Gasteiger partial charge on any atom is 0.134 e. The third kappa shape index (κ3) is 8.33. The molecule has 2 saturated carbocycles. The van der Waals surface area contributed by atoms with E-state index < -0.39 is 0 Å². The lowest BCUT2D eigenvalue weighted by atomic mass is 9.80. The molecule has 0 saturated heterocycles. The highest BCUT2D eigenvalue weighted by Crippen LogP contribution is 2.45. The van der Waals surface area contributed by atoms with Gasteiger partial charge >= 0.3 is 0 Å². The quantitative estimate of drug-likeness (QED) is 0.153. The van der Waals surface area contributed by atoms with Gasteiger partial charge in [-0.3, -0.25) is 0 Å². The standard InChI is InChI=1S/C43H54N2O2/c1-3-11-34-26-30(28-40(32-13-7-5-8-14-32)42(34)46-38-21-17-36(44)18-22-38)25-31-27-35(12-4-2)43(47-39-23-19-37(45)20-24-39)41(29-31)33-15-9-6-10-16-33/h17-24,26-29,32-33H,3-16,25,44-45H2,1-2H3. The molecule has 0 spiro atoms. The van der Waals surface area contributed by atoms with Crippen molar-refractivity contribution in [1.29, 1.82) is 0 Å². The van der Waals surface area contributed by atoms with Crippen LogP contribution in [0.1, 0.15) is 136 Å². The van der Waals surface area contributed by atoms with E-state index in [1.54, 1.807) is 0 Å². The Morgan fingerprint density at radius 2 is 0.915 bits per heavy atom. The van der Waals surface area contributed by atoms with Crippen molar-refractivity contribution in [3.05, 3.63) is 106 Å². The molecule has 47 heavy (non-hydrogen) atoms. The first-order chi connectivity index (χ1) is 23.0. The number of hydrogen-bond acceptors (Lipinski definition) is 4. The monoisotopic (exact) mass is 630 g/mol. The SMILES string of the molecule is CCCc1cc(Cc2cc(CCC)c(Oc3ccc(N)cc3)c(C3CCCCC3)c2)cc(C2CCCCC2)c1Oc1ccc(N)cc1. The third-order valence-electron chi connectivity index (χ3n) is 10.2. The summed E-state index contributed by atoms with van der Waals surface area (Å²) in [5.74, 6) is 4.95. The van der Waals surface area contributed by atoms with Crippen molar-refractivity contribution in [3.63, 3.8) is 0 Å². The van der Waals surface area contributed by atoms with Gasteiger partial charge in [-0.1, -0.05) is 89.5 Å². The van der Waals surface area contributed by atoms with E-state index in [1.807, 2.05) is 48.5 Å². The molecule has 0 radical (unpaired) electrons. The van der Waals surface area contributed by atoms with Crippen LogP contribution in [0.25, 0.3) is 0 Å². The minimum absolute atomic E-state index is 0.534. The molecule has 4 nitrogen and oxygen atoms in total. The van der Waals surface area contributed by atoms with Gasteiger partial charge in [-0.05, 0) is 139 Å². The Morgan fingerprint density at radius 3 is 1.28 bits per heavy atom. The van der Waals surface area contributed by atoms with Crippen LogP contribution in [-0.4, -0.2) is 0 Å². The normalized spacial score (nSPS) is 15.9. The highest BCUT2D eigenvalue weighted by Gasteiger charge is 2.25. The number of nitrogens with two attached hydrogens (primary N) is 2. The summed E-state index contributed by atoms with van der Waals surface area (Å²) in [7, 11) is 0. The highest BCUT2D eigenvalue weighted by atomic mass is 16.5. The molecule has 0 amide bonds. The second-order valence-corrected chi connectivity index (χ2v) is 14.0. The third-order valence-corrected chi connectivity index (χ3v) is 10.2. The second-order valence-electron chi connectivity index (χ2n) is 14.0. The summed E-state index contributed by atoms with van der Waals surface area (Å²) in [4.78, 5) is 0. The number of hydrogen-bond donors (Lipinski definition) is 2. The lowest BCUT2D eigenvalue weighted by Gasteiger charge is -2.28. The minimum atomic E-state index is 0.534. The van der Waals surface area contributed by atoms with Crippen LogP contribution in [0.3, 0.4) is 0 Å². The van der Waals surface area contributed by atoms with Crippen molar-refractivity contribution in [2.75, 3.05) is 11.5 Å². The van der Waals surface area contributed by atoms with E-state index in [-0.39, 0.29) is 0 Å². The smallest absolute Gasteiger partial charge is 0.134 e. The molecule has 2 fully saturated rings. The van der Waals surface area contributed by atoms with E-state index >= 15 is 0 Å². The van der Waals surface area contributed by atoms with Crippen molar-refractivity contribution < 1.29 is 9.47 Å². The van der Waals surface area contributed by atoms with Gasteiger partial charge in [0, 0.05) is 11.4 Å². The Kier molecular flexibility index (Phi) is 11.1. The van der Waals surface area contributed by atoms with E-state index in [0.717, 1.165) is 66.5 Å². The van der Waals surface area contributed by atoms with Gasteiger partial charge in [0.2, 0.25) is 0 Å². The average molecular weight is 631 g/mol. The van der Waals surface area contributed by atoms with Crippen LogP contribution in [0.2, 0.25) is 0 Å². The van der Waals surface area contributed by atoms with Crippen molar-refractivity contribution in [2.24, 2.45) is 0 Å². The molecule has 2 aliphatic rings. The summed E-state index contributed by atoms with van der Waals surface area (Å²) < 4.78 is 13.5. The van der Waals surface area contributed by atoms with Crippen molar-refractivity contribution in [3.8, 4) is 23.0 Å². The molecule has 6 rings (SSSR count). The van der Waals surface area contributed by atoms with E-state index in [4.69, 9.17) is 20.9 Å². The number of anilines is 2. The fourth-order valence-corrected chi connectivity index (χ4v) is 7.90. The molecule has 2 aliphatic carbocycles. The molecule has 0 aromatic heterocycles. The Hall–Kier alpha value is -3.92. The van der Waals surface area contributed by atoms with Gasteiger partial charge in [0.05, 0.1) is 0 Å². The van der Waals surface area contributed by atoms with Crippen LogP contribution in [-0.2, 0) is 19.3 Å². The number of benzene rings is 4. The molecular weight excluding hydrogens is 576 g/mol. The van der Waals surface area contributed by atoms with Crippen molar-refractivity contribution in [1.82, 2.24) is 0 Å². The maximum atomic E-state index is 6.76. The molecule has 4 N–H and O–H groups in total. The van der Waals surface area contributed by atoms with Crippen LogP contribution in [0.5, 0.6) is 23.0 Å². The first kappa shape index (κ1) is 33.0. The Balaban J connectivity index is 1.41. The summed E-state index contributed by atoms with van der Waals surface area (Å²) in [5, 5.41) is 0. The fourth-order valence-electron chi connectivity index (χ4n) is 7.90. The molecule has 4 aromatic carbocycles. The molecule has 4 heteroatoms. The average Bonchev–Trinajstić information content (AvgIpc) is 3.09. The Labute approximate surface area is 282 Å². The molecule has 0 heterocycles. The molecule has 248 valence electrons. The van der Waals surface area contributed by atoms with Crippen LogP contribution in [0.4, 0.5) is 11.4 Å². The van der Waals surface area contributed by atoms with Gasteiger partial charge in [-0.2, -0.15) is 0 Å². The fraction of sp³-hybridized carbons (Fsp3) is 0.442. The van der Waals surface area contributed by atoms with E-state index in [2.05, 4.69) is 38.1 Å². The zero-order valence-electron chi connectivity index (χ0n) is 28.7. The maximum absolute atomic E-state index is 6.76. The predicted molar refractivity (Wildman–Crippen MR) is 197 cm³/mol. The summed E-state index contributed by atoms with van der Waals surface area (Å²) in [6.45, 7) is 4.54. The van der Waals surface area contributed by atoms with E-state index in [1.165, 1.54) is 97.6 Å². The molecular formula is C43H54N2O2. The molecule has 0 atom stereocenters. The van der Waals surface area contributed by atoms with Crippen LogP contribution < -0.4 is 20.9 Å². The van der Waals surface area contributed by atoms with Gasteiger partial charge in [0.25, 0.3) is 0 Å². The van der Waals surface area contributed by atoms with Crippen LogP contribution >= 0.6 is 0 Å². The Morgan fingerprint density at radius 1 is 0.532 bits per heavy atom. The first-order valence-corrected chi connectivity index (χ1v) is 18.4. The first-order valence-electron chi connectivity index (χ1n) is 18.4. The van der Waals surface area contributed by atoms with Gasteiger partial charge in [-0.15, -0.1) is 0 Å². The zero-order valence-corrected chi connectivity index (χ0v) is 28.7. The summed E-state index contributed by atoms with van der Waals surface area (Å²) in [6.07, 6.45) is 17.8. The summed E-state index contributed by atoms with van der Waals surface area (Å²) >= 11 is 0. The number of aryl methyl sites for hydroxylation is 2. The topological polar surface area (TPSA) is 70.5 Å². The largest absolute Gasteiger partial charge is 0.457 e. The lowest BCUT2D eigenvalue weighted by molar-refractivity contribution is 0.415. The molecule has 4 aromatic rings. The Bertz CT molecular complexity index is 1480. The predicted octanol–water partition coefficient (Wildman–Crippen LogP) is 12.0. The number of rotatable bonds is 12. The van der Waals surface area contributed by atoms with Crippen molar-refractivity contribution in [2.45, 2.75) is 122 Å². The van der Waals surface area contributed by atoms with E-state index in [9.17, 15) is 0 Å². The van der Waals surface area contributed by atoms with Crippen LogP contribution in [0, 0.1) is 0 Å². The lowest BCUT2D eigenvalue weighted by Crippen LogP contribution is -2.10. The van der Waals surface area contributed by atoms with Crippen molar-refractivity contribution >= 4 is 11.4 Å². The van der Waals surface area contributed by atoms with Gasteiger partial charge in [-0.25, -0.2) is 0 Å². The van der Waals surface area contributed by atoms with E-state index in [0.29, 0.717) is 11.8 Å².